The summed E-state index contributed by atoms with van der Waals surface area (Å²) in [6.45, 7) is 2.02. The zero-order valence-corrected chi connectivity index (χ0v) is 12.2. The van der Waals surface area contributed by atoms with Gasteiger partial charge in [-0.05, 0) is 18.6 Å². The van der Waals surface area contributed by atoms with Crippen molar-refractivity contribution in [3.05, 3.63) is 39.3 Å². The Kier molecular flexibility index (Phi) is 4.14. The van der Waals surface area contributed by atoms with Crippen LogP contribution in [-0.2, 0) is 6.42 Å². The largest absolute Gasteiger partial charge is 0.477 e. The van der Waals surface area contributed by atoms with E-state index in [1.807, 2.05) is 31.2 Å². The number of nitrogens with zero attached hydrogens (tertiary/aromatic N) is 1. The van der Waals surface area contributed by atoms with Crippen molar-refractivity contribution in [1.82, 2.24) is 4.98 Å². The maximum Gasteiger partial charge on any atom is 0.347 e. The van der Waals surface area contributed by atoms with Crippen LogP contribution < -0.4 is 0 Å². The molecule has 94 valence electrons. The van der Waals surface area contributed by atoms with Gasteiger partial charge in [-0.2, -0.15) is 0 Å². The predicted molar refractivity (Wildman–Crippen MR) is 76.2 cm³/mol. The normalized spacial score (nSPS) is 10.6. The smallest absolute Gasteiger partial charge is 0.347 e. The number of carbonyl (C=O) groups is 1. The summed E-state index contributed by atoms with van der Waals surface area (Å²) >= 11 is 4.64. The Bertz CT molecular complexity index is 580. The van der Waals surface area contributed by atoms with Crippen LogP contribution in [0, 0.1) is 0 Å². The Labute approximate surface area is 118 Å². The van der Waals surface area contributed by atoms with Crippen LogP contribution >= 0.6 is 27.3 Å². The summed E-state index contributed by atoms with van der Waals surface area (Å²) in [6, 6.07) is 7.73. The lowest BCUT2D eigenvalue weighted by atomic mass is 10.2. The minimum atomic E-state index is -0.891. The second-order valence-electron chi connectivity index (χ2n) is 3.86. The molecular formula is C13H12BrNO2S. The van der Waals surface area contributed by atoms with Gasteiger partial charge in [0, 0.05) is 10.0 Å². The summed E-state index contributed by atoms with van der Waals surface area (Å²) in [6.07, 6.45) is 1.59. The second-order valence-corrected chi connectivity index (χ2v) is 5.78. The monoisotopic (exact) mass is 325 g/mol. The molecule has 2 rings (SSSR count). The first kappa shape index (κ1) is 13.2. The number of carboxylic acids is 1. The number of carboxylic acid groups (broad SMARTS) is 1. The number of rotatable bonds is 4. The van der Waals surface area contributed by atoms with Crippen LogP contribution in [0.15, 0.2) is 28.7 Å². The van der Waals surface area contributed by atoms with Crippen LogP contribution in [0.3, 0.4) is 0 Å². The van der Waals surface area contributed by atoms with Crippen molar-refractivity contribution >= 4 is 33.2 Å². The molecule has 0 fully saturated rings. The standard InChI is InChI=1S/C13H12BrNO2S/c1-2-4-10-11(13(16)17)18-12(15-10)8-5-3-6-9(14)7-8/h3,5-7H,2,4H2,1H3,(H,16,17). The van der Waals surface area contributed by atoms with E-state index in [1.165, 1.54) is 11.3 Å². The minimum absolute atomic E-state index is 0.354. The summed E-state index contributed by atoms with van der Waals surface area (Å²) in [7, 11) is 0. The number of aromatic nitrogens is 1. The maximum absolute atomic E-state index is 11.2. The molecule has 0 saturated carbocycles. The van der Waals surface area contributed by atoms with E-state index < -0.39 is 5.97 Å². The number of hydrogen-bond acceptors (Lipinski definition) is 3. The Hall–Kier alpha value is -1.20. The van der Waals surface area contributed by atoms with Crippen molar-refractivity contribution in [2.45, 2.75) is 19.8 Å². The zero-order valence-electron chi connectivity index (χ0n) is 9.81. The van der Waals surface area contributed by atoms with E-state index in [0.29, 0.717) is 17.0 Å². The van der Waals surface area contributed by atoms with Gasteiger partial charge in [0.25, 0.3) is 0 Å². The van der Waals surface area contributed by atoms with Crippen LogP contribution in [0.4, 0.5) is 0 Å². The maximum atomic E-state index is 11.2. The van der Waals surface area contributed by atoms with E-state index in [-0.39, 0.29) is 0 Å². The van der Waals surface area contributed by atoms with Gasteiger partial charge in [-0.3, -0.25) is 0 Å². The number of halogens is 1. The fraction of sp³-hybridized carbons (Fsp3) is 0.231. The summed E-state index contributed by atoms with van der Waals surface area (Å²) in [5.74, 6) is -0.891. The van der Waals surface area contributed by atoms with Gasteiger partial charge in [0.1, 0.15) is 9.88 Å². The third-order valence-corrected chi connectivity index (χ3v) is 4.08. The van der Waals surface area contributed by atoms with Crippen LogP contribution in [0.25, 0.3) is 10.6 Å². The van der Waals surface area contributed by atoms with Gasteiger partial charge in [0.05, 0.1) is 5.69 Å². The number of aryl methyl sites for hydroxylation is 1. The van der Waals surface area contributed by atoms with Gasteiger partial charge in [0.15, 0.2) is 0 Å². The van der Waals surface area contributed by atoms with Crippen molar-refractivity contribution in [1.29, 1.82) is 0 Å². The molecule has 0 radical (unpaired) electrons. The molecule has 0 atom stereocenters. The van der Waals surface area contributed by atoms with Gasteiger partial charge in [-0.1, -0.05) is 41.4 Å². The minimum Gasteiger partial charge on any atom is -0.477 e. The van der Waals surface area contributed by atoms with E-state index in [2.05, 4.69) is 20.9 Å². The van der Waals surface area contributed by atoms with E-state index in [0.717, 1.165) is 21.5 Å². The van der Waals surface area contributed by atoms with Gasteiger partial charge >= 0.3 is 5.97 Å². The Morgan fingerprint density at radius 3 is 2.89 bits per heavy atom. The van der Waals surface area contributed by atoms with Crippen LogP contribution in [0.2, 0.25) is 0 Å². The topological polar surface area (TPSA) is 50.2 Å². The van der Waals surface area contributed by atoms with Gasteiger partial charge < -0.3 is 5.11 Å². The Morgan fingerprint density at radius 1 is 1.50 bits per heavy atom. The second kappa shape index (κ2) is 5.63. The Balaban J connectivity index is 2.46. The van der Waals surface area contributed by atoms with Crippen LogP contribution in [-0.4, -0.2) is 16.1 Å². The molecule has 3 nitrogen and oxygen atoms in total. The SMILES string of the molecule is CCCc1nc(-c2cccc(Br)c2)sc1C(=O)O. The van der Waals surface area contributed by atoms with E-state index in [4.69, 9.17) is 5.11 Å². The van der Waals surface area contributed by atoms with Crippen molar-refractivity contribution in [2.24, 2.45) is 0 Å². The number of aromatic carboxylic acids is 1. The van der Waals surface area contributed by atoms with Crippen molar-refractivity contribution < 1.29 is 9.90 Å². The number of benzene rings is 1. The third kappa shape index (κ3) is 2.79. The molecule has 0 saturated heterocycles. The average molecular weight is 326 g/mol. The molecule has 2 aromatic rings. The molecule has 0 amide bonds. The lowest BCUT2D eigenvalue weighted by molar-refractivity contribution is 0.0700. The molecule has 18 heavy (non-hydrogen) atoms. The van der Waals surface area contributed by atoms with Crippen LogP contribution in [0.5, 0.6) is 0 Å². The highest BCUT2D eigenvalue weighted by Crippen LogP contribution is 2.30. The first-order valence-electron chi connectivity index (χ1n) is 5.60. The molecule has 1 heterocycles. The molecule has 0 unspecified atom stereocenters. The van der Waals surface area contributed by atoms with Gasteiger partial charge in [0.2, 0.25) is 0 Å². The summed E-state index contributed by atoms with van der Waals surface area (Å²) < 4.78 is 0.962. The summed E-state index contributed by atoms with van der Waals surface area (Å²) in [5.41, 5.74) is 1.63. The number of thiazole rings is 1. The van der Waals surface area contributed by atoms with Crippen molar-refractivity contribution in [2.75, 3.05) is 0 Å². The molecular weight excluding hydrogens is 314 g/mol. The van der Waals surface area contributed by atoms with Crippen molar-refractivity contribution in [3.63, 3.8) is 0 Å². The number of hydrogen-bond donors (Lipinski definition) is 1. The first-order valence-corrected chi connectivity index (χ1v) is 7.21. The fourth-order valence-electron chi connectivity index (χ4n) is 1.67. The quantitative estimate of drug-likeness (QED) is 0.915. The van der Waals surface area contributed by atoms with E-state index in [1.54, 1.807) is 0 Å². The van der Waals surface area contributed by atoms with E-state index >= 15 is 0 Å². The van der Waals surface area contributed by atoms with Gasteiger partial charge in [-0.15, -0.1) is 11.3 Å². The zero-order chi connectivity index (χ0) is 13.1. The highest BCUT2D eigenvalue weighted by molar-refractivity contribution is 9.10. The average Bonchev–Trinajstić information content (AvgIpc) is 2.74. The van der Waals surface area contributed by atoms with Crippen LogP contribution in [0.1, 0.15) is 28.7 Å². The molecule has 1 aromatic heterocycles. The van der Waals surface area contributed by atoms with Crippen molar-refractivity contribution in [3.8, 4) is 10.6 Å². The van der Waals surface area contributed by atoms with E-state index in [9.17, 15) is 4.79 Å². The molecule has 5 heteroatoms. The molecule has 0 aliphatic heterocycles. The molecule has 0 spiro atoms. The molecule has 1 N–H and O–H groups in total. The molecule has 0 aliphatic rings. The lowest BCUT2D eigenvalue weighted by Gasteiger charge is -1.96. The fourth-order valence-corrected chi connectivity index (χ4v) is 3.02. The highest BCUT2D eigenvalue weighted by Gasteiger charge is 2.17. The molecule has 0 aliphatic carbocycles. The first-order chi connectivity index (χ1) is 8.61. The predicted octanol–water partition coefficient (Wildman–Crippen LogP) is 4.22. The Morgan fingerprint density at radius 2 is 2.28 bits per heavy atom. The molecule has 1 aromatic carbocycles. The summed E-state index contributed by atoms with van der Waals surface area (Å²) in [4.78, 5) is 16.0. The van der Waals surface area contributed by atoms with Gasteiger partial charge in [-0.25, -0.2) is 9.78 Å². The summed E-state index contributed by atoms with van der Waals surface area (Å²) in [5, 5.41) is 9.93. The highest BCUT2D eigenvalue weighted by atomic mass is 79.9. The lowest BCUT2D eigenvalue weighted by Crippen LogP contribution is -1.98. The molecule has 0 bridgehead atoms. The third-order valence-electron chi connectivity index (χ3n) is 2.45.